The SMILES string of the molecule is C[C@]12Cc3cc(Br)ccc3N1C(=O)c1ccccc12. The lowest BCUT2D eigenvalue weighted by Gasteiger charge is -2.28. The Morgan fingerprint density at radius 1 is 1.21 bits per heavy atom. The summed E-state index contributed by atoms with van der Waals surface area (Å²) in [5.41, 5.74) is 4.05. The second-order valence-electron chi connectivity index (χ2n) is 5.41. The molecule has 1 amide bonds. The first-order valence-corrected chi connectivity index (χ1v) is 7.13. The van der Waals surface area contributed by atoms with Gasteiger partial charge < -0.3 is 0 Å². The van der Waals surface area contributed by atoms with Gasteiger partial charge >= 0.3 is 0 Å². The normalized spacial score (nSPS) is 23.3. The molecular formula is C16H12BrNO. The number of halogens is 1. The van der Waals surface area contributed by atoms with Crippen LogP contribution in [0.4, 0.5) is 5.69 Å². The van der Waals surface area contributed by atoms with Crippen molar-refractivity contribution in [3.63, 3.8) is 0 Å². The molecule has 4 rings (SSSR count). The third-order valence-electron chi connectivity index (χ3n) is 4.25. The van der Waals surface area contributed by atoms with Crippen LogP contribution in [-0.4, -0.2) is 5.91 Å². The molecule has 0 radical (unpaired) electrons. The lowest BCUT2D eigenvalue weighted by Crippen LogP contribution is -2.38. The number of nitrogens with zero attached hydrogens (tertiary/aromatic N) is 1. The molecule has 0 N–H and O–H groups in total. The van der Waals surface area contributed by atoms with E-state index in [1.165, 1.54) is 5.56 Å². The smallest absolute Gasteiger partial charge is 0.259 e. The molecule has 0 aromatic heterocycles. The number of hydrogen-bond donors (Lipinski definition) is 0. The summed E-state index contributed by atoms with van der Waals surface area (Å²) in [6, 6.07) is 14.1. The van der Waals surface area contributed by atoms with Crippen LogP contribution in [0.5, 0.6) is 0 Å². The van der Waals surface area contributed by atoms with Gasteiger partial charge in [0.1, 0.15) is 0 Å². The Balaban J connectivity index is 1.98. The van der Waals surface area contributed by atoms with Gasteiger partial charge in [0, 0.05) is 22.1 Å². The zero-order valence-electron chi connectivity index (χ0n) is 10.5. The number of hydrogen-bond acceptors (Lipinski definition) is 1. The molecule has 2 aromatic rings. The summed E-state index contributed by atoms with van der Waals surface area (Å²) < 4.78 is 1.07. The molecule has 2 nitrogen and oxygen atoms in total. The van der Waals surface area contributed by atoms with Crippen molar-refractivity contribution in [2.24, 2.45) is 0 Å². The van der Waals surface area contributed by atoms with E-state index in [9.17, 15) is 4.79 Å². The number of rotatable bonds is 0. The monoisotopic (exact) mass is 313 g/mol. The van der Waals surface area contributed by atoms with Crippen molar-refractivity contribution >= 4 is 27.5 Å². The topological polar surface area (TPSA) is 20.3 Å². The molecule has 0 saturated heterocycles. The van der Waals surface area contributed by atoms with Crippen molar-refractivity contribution in [2.75, 3.05) is 4.90 Å². The van der Waals surface area contributed by atoms with E-state index in [1.54, 1.807) is 0 Å². The quantitative estimate of drug-likeness (QED) is 0.722. The Bertz CT molecular complexity index is 724. The predicted molar refractivity (Wildman–Crippen MR) is 78.4 cm³/mol. The molecule has 0 aliphatic carbocycles. The van der Waals surface area contributed by atoms with Crippen LogP contribution in [0.2, 0.25) is 0 Å². The summed E-state index contributed by atoms with van der Waals surface area (Å²) in [5.74, 6) is 0.124. The lowest BCUT2D eigenvalue weighted by atomic mass is 9.88. The number of carbonyl (C=O) groups excluding carboxylic acids is 1. The summed E-state index contributed by atoms with van der Waals surface area (Å²) >= 11 is 3.51. The summed E-state index contributed by atoms with van der Waals surface area (Å²) in [7, 11) is 0. The third-order valence-corrected chi connectivity index (χ3v) is 4.74. The molecular weight excluding hydrogens is 302 g/mol. The molecule has 19 heavy (non-hydrogen) atoms. The minimum Gasteiger partial charge on any atom is -0.298 e. The second-order valence-corrected chi connectivity index (χ2v) is 6.33. The molecule has 0 spiro atoms. The molecule has 94 valence electrons. The van der Waals surface area contributed by atoms with Gasteiger partial charge in [-0.25, -0.2) is 0 Å². The minimum absolute atomic E-state index is 0.124. The Morgan fingerprint density at radius 3 is 2.84 bits per heavy atom. The van der Waals surface area contributed by atoms with Gasteiger partial charge in [0.15, 0.2) is 0 Å². The Labute approximate surface area is 120 Å². The van der Waals surface area contributed by atoms with Crippen LogP contribution in [0, 0.1) is 0 Å². The maximum atomic E-state index is 12.6. The molecule has 2 aliphatic rings. The van der Waals surface area contributed by atoms with E-state index in [-0.39, 0.29) is 11.4 Å². The fourth-order valence-electron chi connectivity index (χ4n) is 3.44. The van der Waals surface area contributed by atoms with Crippen molar-refractivity contribution in [1.82, 2.24) is 0 Å². The van der Waals surface area contributed by atoms with Crippen LogP contribution in [-0.2, 0) is 12.0 Å². The highest BCUT2D eigenvalue weighted by molar-refractivity contribution is 9.10. The first kappa shape index (κ1) is 11.2. The maximum Gasteiger partial charge on any atom is 0.259 e. The minimum atomic E-state index is -0.225. The highest BCUT2D eigenvalue weighted by Gasteiger charge is 2.51. The number of benzene rings is 2. The highest BCUT2D eigenvalue weighted by Crippen LogP contribution is 2.51. The van der Waals surface area contributed by atoms with Gasteiger partial charge in [-0.05, 0) is 42.3 Å². The summed E-state index contributed by atoms with van der Waals surface area (Å²) in [4.78, 5) is 14.6. The first-order chi connectivity index (χ1) is 9.11. The van der Waals surface area contributed by atoms with E-state index in [2.05, 4.69) is 35.0 Å². The third kappa shape index (κ3) is 1.29. The van der Waals surface area contributed by atoms with Crippen molar-refractivity contribution in [1.29, 1.82) is 0 Å². The zero-order chi connectivity index (χ0) is 13.2. The van der Waals surface area contributed by atoms with Gasteiger partial charge in [0.25, 0.3) is 5.91 Å². The van der Waals surface area contributed by atoms with Crippen molar-refractivity contribution in [3.05, 3.63) is 63.6 Å². The number of amides is 1. The van der Waals surface area contributed by atoms with Crippen LogP contribution < -0.4 is 4.90 Å². The largest absolute Gasteiger partial charge is 0.298 e. The molecule has 0 saturated carbocycles. The zero-order valence-corrected chi connectivity index (χ0v) is 12.1. The maximum absolute atomic E-state index is 12.6. The number of carbonyl (C=O) groups is 1. The number of fused-ring (bicyclic) bond motifs is 5. The van der Waals surface area contributed by atoms with Gasteiger partial charge in [0.2, 0.25) is 0 Å². The summed E-state index contributed by atoms with van der Waals surface area (Å²) in [6.45, 7) is 2.16. The molecule has 2 aliphatic heterocycles. The first-order valence-electron chi connectivity index (χ1n) is 6.34. The molecule has 2 aromatic carbocycles. The number of anilines is 1. The molecule has 0 unspecified atom stereocenters. The van der Waals surface area contributed by atoms with E-state index in [4.69, 9.17) is 0 Å². The average Bonchev–Trinajstić information content (AvgIpc) is 2.80. The molecule has 0 fully saturated rings. The van der Waals surface area contributed by atoms with Gasteiger partial charge in [-0.15, -0.1) is 0 Å². The van der Waals surface area contributed by atoms with Gasteiger partial charge in [-0.2, -0.15) is 0 Å². The molecule has 0 bridgehead atoms. The molecule has 3 heteroatoms. The second kappa shape index (κ2) is 3.48. The van der Waals surface area contributed by atoms with E-state index in [1.807, 2.05) is 35.2 Å². The van der Waals surface area contributed by atoms with Gasteiger partial charge in [-0.3, -0.25) is 9.69 Å². The van der Waals surface area contributed by atoms with Gasteiger partial charge in [0.05, 0.1) is 5.54 Å². The van der Waals surface area contributed by atoms with E-state index >= 15 is 0 Å². The summed E-state index contributed by atoms with van der Waals surface area (Å²) in [5, 5.41) is 0. The lowest BCUT2D eigenvalue weighted by molar-refractivity contribution is 0.0983. The Hall–Kier alpha value is -1.61. The van der Waals surface area contributed by atoms with Crippen molar-refractivity contribution in [3.8, 4) is 0 Å². The van der Waals surface area contributed by atoms with Crippen molar-refractivity contribution < 1.29 is 4.79 Å². The standard InChI is InChI=1S/C16H12BrNO/c1-16-9-10-8-11(17)6-7-14(10)18(16)15(19)12-4-2-3-5-13(12)16/h2-8H,9H2,1H3/t16-/m1/s1. The van der Waals surface area contributed by atoms with Crippen LogP contribution in [0.3, 0.4) is 0 Å². The van der Waals surface area contributed by atoms with Crippen LogP contribution in [0.15, 0.2) is 46.9 Å². The Kier molecular flexibility index (Phi) is 2.06. The van der Waals surface area contributed by atoms with Crippen molar-refractivity contribution in [2.45, 2.75) is 18.9 Å². The molecule has 1 atom stereocenters. The molecule has 2 heterocycles. The fraction of sp³-hybridized carbons (Fsp3) is 0.188. The van der Waals surface area contributed by atoms with Gasteiger partial charge in [-0.1, -0.05) is 34.1 Å². The van der Waals surface area contributed by atoms with E-state index in [0.717, 1.165) is 27.7 Å². The highest BCUT2D eigenvalue weighted by atomic mass is 79.9. The predicted octanol–water partition coefficient (Wildman–Crippen LogP) is 3.88. The summed E-state index contributed by atoms with van der Waals surface area (Å²) in [6.07, 6.45) is 0.879. The van der Waals surface area contributed by atoms with Crippen LogP contribution in [0.1, 0.15) is 28.4 Å². The van der Waals surface area contributed by atoms with Crippen LogP contribution in [0.25, 0.3) is 0 Å². The Morgan fingerprint density at radius 2 is 2.00 bits per heavy atom. The van der Waals surface area contributed by atoms with Crippen LogP contribution >= 0.6 is 15.9 Å². The fourth-order valence-corrected chi connectivity index (χ4v) is 3.85. The average molecular weight is 314 g/mol. The van der Waals surface area contributed by atoms with E-state index in [0.29, 0.717) is 0 Å². The van der Waals surface area contributed by atoms with E-state index < -0.39 is 0 Å².